The van der Waals surface area contributed by atoms with E-state index in [2.05, 4.69) is 11.7 Å². The Labute approximate surface area is 131 Å². The van der Waals surface area contributed by atoms with E-state index < -0.39 is 21.9 Å². The molecule has 0 aliphatic carbocycles. The third-order valence-electron chi connectivity index (χ3n) is 4.11. The number of methoxy groups -OCH3 is 1. The van der Waals surface area contributed by atoms with Crippen LogP contribution in [0.2, 0.25) is 0 Å². The van der Waals surface area contributed by atoms with Crippen LogP contribution in [0.1, 0.15) is 38.5 Å². The average Bonchev–Trinajstić information content (AvgIpc) is 2.99. The first kappa shape index (κ1) is 17.0. The highest BCUT2D eigenvalue weighted by Crippen LogP contribution is 2.36. The Bertz CT molecular complexity index is 595. The van der Waals surface area contributed by atoms with Crippen LogP contribution in [0.5, 0.6) is 0 Å². The molecule has 0 saturated carbocycles. The van der Waals surface area contributed by atoms with Crippen LogP contribution in [0.3, 0.4) is 0 Å². The lowest BCUT2D eigenvalue weighted by Gasteiger charge is -2.36. The Morgan fingerprint density at radius 3 is 2.86 bits per heavy atom. The molecule has 2 rings (SSSR count). The van der Waals surface area contributed by atoms with Gasteiger partial charge in [0.05, 0.1) is 31.1 Å². The van der Waals surface area contributed by atoms with Gasteiger partial charge in [0.1, 0.15) is 5.76 Å². The molecule has 7 heteroatoms. The van der Waals surface area contributed by atoms with E-state index in [0.29, 0.717) is 18.2 Å². The van der Waals surface area contributed by atoms with Gasteiger partial charge in [-0.25, -0.2) is 8.42 Å². The first-order chi connectivity index (χ1) is 10.3. The Morgan fingerprint density at radius 1 is 1.55 bits per heavy atom. The monoisotopic (exact) mass is 329 g/mol. The Morgan fingerprint density at radius 2 is 2.27 bits per heavy atom. The van der Waals surface area contributed by atoms with Gasteiger partial charge in [0.25, 0.3) is 0 Å². The van der Waals surface area contributed by atoms with Crippen LogP contribution in [0.25, 0.3) is 0 Å². The van der Waals surface area contributed by atoms with Gasteiger partial charge < -0.3 is 9.15 Å². The normalized spacial score (nSPS) is 24.9. The average molecular weight is 329 g/mol. The third kappa shape index (κ3) is 3.70. The predicted molar refractivity (Wildman–Crippen MR) is 81.5 cm³/mol. The third-order valence-corrected chi connectivity index (χ3v) is 6.18. The second-order valence-electron chi connectivity index (χ2n) is 5.97. The summed E-state index contributed by atoms with van der Waals surface area (Å²) >= 11 is 0. The summed E-state index contributed by atoms with van der Waals surface area (Å²) in [6, 6.07) is 3.26. The van der Waals surface area contributed by atoms with E-state index in [9.17, 15) is 13.2 Å². The molecule has 22 heavy (non-hydrogen) atoms. The maximum atomic E-state index is 12.7. The van der Waals surface area contributed by atoms with Gasteiger partial charge in [-0.05, 0) is 30.9 Å². The van der Waals surface area contributed by atoms with E-state index in [1.807, 2.05) is 0 Å². The quantitative estimate of drug-likeness (QED) is 0.774. The molecule has 1 saturated heterocycles. The summed E-state index contributed by atoms with van der Waals surface area (Å²) in [7, 11) is -2.30. The second kappa shape index (κ2) is 6.83. The van der Waals surface area contributed by atoms with Crippen molar-refractivity contribution in [2.75, 3.05) is 19.4 Å². The van der Waals surface area contributed by atoms with Gasteiger partial charge in [-0.2, -0.15) is 4.31 Å². The largest absolute Gasteiger partial charge is 0.469 e. The number of nitrogens with zero attached hydrogens (tertiary/aromatic N) is 1. The molecule has 0 spiro atoms. The second-order valence-corrected chi connectivity index (χ2v) is 7.94. The molecule has 2 heterocycles. The molecule has 0 aromatic carbocycles. The fourth-order valence-electron chi connectivity index (χ4n) is 2.87. The van der Waals surface area contributed by atoms with Crippen LogP contribution in [-0.2, 0) is 19.6 Å². The van der Waals surface area contributed by atoms with E-state index >= 15 is 0 Å². The van der Waals surface area contributed by atoms with Crippen molar-refractivity contribution in [3.05, 3.63) is 24.2 Å². The van der Waals surface area contributed by atoms with Gasteiger partial charge in [-0.3, -0.25) is 4.79 Å². The van der Waals surface area contributed by atoms with E-state index in [4.69, 9.17) is 4.42 Å². The van der Waals surface area contributed by atoms with Crippen molar-refractivity contribution in [2.45, 2.75) is 32.7 Å². The van der Waals surface area contributed by atoms with E-state index in [0.717, 1.165) is 12.8 Å². The predicted octanol–water partition coefficient (Wildman–Crippen LogP) is 2.19. The number of carbonyl (C=O) groups is 1. The van der Waals surface area contributed by atoms with E-state index in [-0.39, 0.29) is 11.8 Å². The molecule has 124 valence electrons. The molecule has 0 bridgehead atoms. The number of sulfonamides is 1. The van der Waals surface area contributed by atoms with Crippen molar-refractivity contribution < 1.29 is 22.4 Å². The van der Waals surface area contributed by atoms with Crippen LogP contribution < -0.4 is 0 Å². The van der Waals surface area contributed by atoms with Gasteiger partial charge in [-0.1, -0.05) is 13.8 Å². The minimum absolute atomic E-state index is 0.245. The molecule has 1 aliphatic heterocycles. The van der Waals surface area contributed by atoms with Crippen molar-refractivity contribution in [1.29, 1.82) is 0 Å². The van der Waals surface area contributed by atoms with Crippen LogP contribution in [-0.4, -0.2) is 38.1 Å². The number of esters is 1. The summed E-state index contributed by atoms with van der Waals surface area (Å²) < 4.78 is 36.9. The highest BCUT2D eigenvalue weighted by Gasteiger charge is 2.38. The fraction of sp³-hybridized carbons (Fsp3) is 0.667. The highest BCUT2D eigenvalue weighted by molar-refractivity contribution is 7.89. The summed E-state index contributed by atoms with van der Waals surface area (Å²) in [4.78, 5) is 11.5. The molecule has 0 N–H and O–H groups in total. The topological polar surface area (TPSA) is 76.8 Å². The zero-order valence-corrected chi connectivity index (χ0v) is 14.0. The lowest BCUT2D eigenvalue weighted by atomic mass is 9.93. The van der Waals surface area contributed by atoms with Crippen molar-refractivity contribution in [3.8, 4) is 0 Å². The molecular weight excluding hydrogens is 306 g/mol. The van der Waals surface area contributed by atoms with Crippen molar-refractivity contribution in [3.63, 3.8) is 0 Å². The lowest BCUT2D eigenvalue weighted by Crippen LogP contribution is -2.43. The van der Waals surface area contributed by atoms with Crippen molar-refractivity contribution >= 4 is 16.0 Å². The Hall–Kier alpha value is -1.34. The molecule has 1 aromatic rings. The van der Waals surface area contributed by atoms with Crippen LogP contribution in [0.15, 0.2) is 22.8 Å². The fourth-order valence-corrected chi connectivity index (χ4v) is 4.79. The molecule has 1 aliphatic rings. The van der Waals surface area contributed by atoms with Crippen LogP contribution in [0, 0.1) is 11.8 Å². The first-order valence-corrected chi connectivity index (χ1v) is 9.06. The number of furan rings is 1. The van der Waals surface area contributed by atoms with Gasteiger partial charge >= 0.3 is 5.97 Å². The first-order valence-electron chi connectivity index (χ1n) is 7.46. The minimum atomic E-state index is -3.56. The number of rotatable bonds is 5. The molecular formula is C15H23NO5S. The molecule has 0 radical (unpaired) electrons. The minimum Gasteiger partial charge on any atom is -0.469 e. The summed E-state index contributed by atoms with van der Waals surface area (Å²) in [5.74, 6) is -0.360. The van der Waals surface area contributed by atoms with E-state index in [1.165, 1.54) is 11.4 Å². The summed E-state index contributed by atoms with van der Waals surface area (Å²) in [6.07, 6.45) is 3.08. The van der Waals surface area contributed by atoms with Gasteiger partial charge in [0.15, 0.2) is 0 Å². The maximum absolute atomic E-state index is 12.7. The zero-order chi connectivity index (χ0) is 16.3. The SMILES string of the molecule is COC(=O)[C@H](C)CS(=O)(=O)N1CC[C@H](C)C[C@@H]1c1ccco1. The Balaban J connectivity index is 2.21. The zero-order valence-electron chi connectivity index (χ0n) is 13.2. The maximum Gasteiger partial charge on any atom is 0.309 e. The molecule has 6 nitrogen and oxygen atoms in total. The molecule has 0 unspecified atom stereocenters. The van der Waals surface area contributed by atoms with Crippen LogP contribution >= 0.6 is 0 Å². The number of hydrogen-bond donors (Lipinski definition) is 0. The smallest absolute Gasteiger partial charge is 0.309 e. The standard InChI is InChI=1S/C15H23NO5S/c1-11-6-7-16(13(9-11)14-5-4-8-21-14)22(18,19)10-12(2)15(17)20-3/h4-5,8,11-13H,6-7,9-10H2,1-3H3/t11-,12+,13+/m0/s1. The number of ether oxygens (including phenoxy) is 1. The lowest BCUT2D eigenvalue weighted by molar-refractivity contribution is -0.144. The van der Waals surface area contributed by atoms with Gasteiger partial charge in [-0.15, -0.1) is 0 Å². The van der Waals surface area contributed by atoms with E-state index in [1.54, 1.807) is 25.3 Å². The van der Waals surface area contributed by atoms with Crippen molar-refractivity contribution in [2.24, 2.45) is 11.8 Å². The van der Waals surface area contributed by atoms with Crippen LogP contribution in [0.4, 0.5) is 0 Å². The van der Waals surface area contributed by atoms with Gasteiger partial charge in [0, 0.05) is 6.54 Å². The molecule has 0 amide bonds. The van der Waals surface area contributed by atoms with Crippen molar-refractivity contribution in [1.82, 2.24) is 4.31 Å². The number of piperidine rings is 1. The number of carbonyl (C=O) groups excluding carboxylic acids is 1. The Kier molecular flexibility index (Phi) is 5.28. The summed E-state index contributed by atoms with van der Waals surface area (Å²) in [6.45, 7) is 4.12. The summed E-state index contributed by atoms with van der Waals surface area (Å²) in [5, 5.41) is 0. The molecule has 1 aromatic heterocycles. The van der Waals surface area contributed by atoms with Gasteiger partial charge in [0.2, 0.25) is 10.0 Å². The highest BCUT2D eigenvalue weighted by atomic mass is 32.2. The molecule has 1 fully saturated rings. The summed E-state index contributed by atoms with van der Waals surface area (Å²) in [5.41, 5.74) is 0. The molecule has 3 atom stereocenters. The number of hydrogen-bond acceptors (Lipinski definition) is 5.